The molecule has 1 fully saturated rings. The molecule has 3 rings (SSSR count). The molecule has 1 aliphatic heterocycles. The second-order valence-electron chi connectivity index (χ2n) is 7.20. The van der Waals surface area contributed by atoms with Crippen molar-refractivity contribution in [3.05, 3.63) is 46.1 Å². The Bertz CT molecular complexity index is 867. The summed E-state index contributed by atoms with van der Waals surface area (Å²) in [4.78, 5) is 0. The van der Waals surface area contributed by atoms with Crippen LogP contribution in [0.25, 0.3) is 0 Å². The fourth-order valence-corrected chi connectivity index (χ4v) is 3.66. The van der Waals surface area contributed by atoms with Gasteiger partial charge in [0.2, 0.25) is 0 Å². The van der Waals surface area contributed by atoms with Crippen molar-refractivity contribution in [2.24, 2.45) is 0 Å². The molecule has 0 atom stereocenters. The summed E-state index contributed by atoms with van der Waals surface area (Å²) >= 11 is 0. The van der Waals surface area contributed by atoms with Crippen molar-refractivity contribution in [1.29, 1.82) is 5.26 Å². The summed E-state index contributed by atoms with van der Waals surface area (Å²) in [6.07, 6.45) is 1.75. The van der Waals surface area contributed by atoms with E-state index >= 15 is 0 Å². The monoisotopic (exact) mass is 366 g/mol. The number of hydrogen-bond acceptors (Lipinski definition) is 6. The van der Waals surface area contributed by atoms with Gasteiger partial charge in [-0.3, -0.25) is 0 Å². The molecule has 1 aromatic carbocycles. The Morgan fingerprint density at radius 2 is 1.96 bits per heavy atom. The molecule has 27 heavy (non-hydrogen) atoms. The Balaban J connectivity index is 1.97. The van der Waals surface area contributed by atoms with Crippen LogP contribution in [-0.4, -0.2) is 37.1 Å². The van der Waals surface area contributed by atoms with Crippen LogP contribution < -0.4 is 10.1 Å². The van der Waals surface area contributed by atoms with Crippen LogP contribution in [0.5, 0.6) is 5.75 Å². The number of benzene rings is 1. The predicted molar refractivity (Wildman–Crippen MR) is 104 cm³/mol. The van der Waals surface area contributed by atoms with E-state index < -0.39 is 0 Å². The lowest BCUT2D eigenvalue weighted by Crippen LogP contribution is -2.40. The molecule has 1 N–H and O–H groups in total. The molecule has 1 aliphatic rings. The number of nitrogens with zero attached hydrogens (tertiary/aromatic N) is 3. The highest BCUT2D eigenvalue weighted by Crippen LogP contribution is 2.40. The average Bonchev–Trinajstić information content (AvgIpc) is 2.69. The number of ether oxygens (including phenoxy) is 2. The summed E-state index contributed by atoms with van der Waals surface area (Å²) in [5.41, 5.74) is 4.42. The van der Waals surface area contributed by atoms with Gasteiger partial charge in [0.1, 0.15) is 17.4 Å². The Hall–Kier alpha value is -2.65. The highest BCUT2D eigenvalue weighted by Gasteiger charge is 2.37. The largest absolute Gasteiger partial charge is 0.496 e. The molecule has 0 aliphatic carbocycles. The number of hydrogen-bond donors (Lipinski definition) is 1. The van der Waals surface area contributed by atoms with Crippen LogP contribution >= 0.6 is 0 Å². The van der Waals surface area contributed by atoms with Gasteiger partial charge in [0.25, 0.3) is 0 Å². The first kappa shape index (κ1) is 19.1. The summed E-state index contributed by atoms with van der Waals surface area (Å²) in [6, 6.07) is 8.55. The van der Waals surface area contributed by atoms with Gasteiger partial charge >= 0.3 is 0 Å². The third-order valence-corrected chi connectivity index (χ3v) is 5.54. The topological polar surface area (TPSA) is 80.1 Å². The molecule has 6 heteroatoms. The maximum Gasteiger partial charge on any atom is 0.166 e. The Kier molecular flexibility index (Phi) is 5.62. The lowest BCUT2D eigenvalue weighted by atomic mass is 9.73. The van der Waals surface area contributed by atoms with Crippen molar-refractivity contribution < 1.29 is 9.47 Å². The van der Waals surface area contributed by atoms with E-state index in [0.29, 0.717) is 31.1 Å². The van der Waals surface area contributed by atoms with Gasteiger partial charge < -0.3 is 14.8 Å². The second kappa shape index (κ2) is 7.93. The first-order valence-corrected chi connectivity index (χ1v) is 9.21. The van der Waals surface area contributed by atoms with Crippen LogP contribution in [0, 0.1) is 32.1 Å². The van der Waals surface area contributed by atoms with E-state index in [0.717, 1.165) is 29.8 Å². The van der Waals surface area contributed by atoms with E-state index in [1.54, 1.807) is 7.11 Å². The van der Waals surface area contributed by atoms with E-state index in [2.05, 4.69) is 40.6 Å². The zero-order chi connectivity index (χ0) is 19.4. The lowest BCUT2D eigenvalue weighted by molar-refractivity contribution is 0.0535. The fourth-order valence-electron chi connectivity index (χ4n) is 3.66. The minimum atomic E-state index is -0.150. The lowest BCUT2D eigenvalue weighted by Gasteiger charge is -2.39. The zero-order valence-electron chi connectivity index (χ0n) is 16.4. The molecule has 1 saturated heterocycles. The van der Waals surface area contributed by atoms with Crippen LogP contribution in [-0.2, 0) is 10.2 Å². The van der Waals surface area contributed by atoms with Gasteiger partial charge in [-0.05, 0) is 45.2 Å². The highest BCUT2D eigenvalue weighted by molar-refractivity contribution is 5.56. The molecule has 0 saturated carbocycles. The van der Waals surface area contributed by atoms with Crippen molar-refractivity contribution in [2.45, 2.75) is 39.0 Å². The van der Waals surface area contributed by atoms with Crippen LogP contribution in [0.3, 0.4) is 0 Å². The number of anilines is 1. The molecule has 0 spiro atoms. The van der Waals surface area contributed by atoms with Crippen molar-refractivity contribution in [2.75, 3.05) is 32.2 Å². The highest BCUT2D eigenvalue weighted by atomic mass is 16.5. The van der Waals surface area contributed by atoms with Crippen LogP contribution in [0.4, 0.5) is 5.82 Å². The summed E-state index contributed by atoms with van der Waals surface area (Å²) in [5.74, 6) is 1.43. The summed E-state index contributed by atoms with van der Waals surface area (Å²) < 4.78 is 11.3. The van der Waals surface area contributed by atoms with Gasteiger partial charge in [-0.25, -0.2) is 0 Å². The molecular weight excluding hydrogens is 340 g/mol. The van der Waals surface area contributed by atoms with Gasteiger partial charge in [0.15, 0.2) is 5.82 Å². The zero-order valence-corrected chi connectivity index (χ0v) is 16.4. The van der Waals surface area contributed by atoms with E-state index in [1.165, 1.54) is 11.1 Å². The van der Waals surface area contributed by atoms with Crippen LogP contribution in [0.1, 0.15) is 40.8 Å². The first-order chi connectivity index (χ1) is 13.0. The molecule has 2 heterocycles. The smallest absolute Gasteiger partial charge is 0.166 e. The van der Waals surface area contributed by atoms with Gasteiger partial charge in [-0.1, -0.05) is 17.7 Å². The molecule has 1 aromatic heterocycles. The number of aryl methyl sites for hydroxylation is 2. The normalized spacial score (nSPS) is 15.8. The average molecular weight is 366 g/mol. The summed E-state index contributed by atoms with van der Waals surface area (Å²) in [5, 5.41) is 21.4. The maximum absolute atomic E-state index is 9.56. The molecule has 0 radical (unpaired) electrons. The van der Waals surface area contributed by atoms with Crippen molar-refractivity contribution in [3.8, 4) is 11.8 Å². The van der Waals surface area contributed by atoms with E-state index in [9.17, 15) is 5.26 Å². The number of nitrogens with one attached hydrogen (secondary N) is 1. The van der Waals surface area contributed by atoms with E-state index in [1.807, 2.05) is 19.9 Å². The predicted octanol–water partition coefficient (Wildman–Crippen LogP) is 3.44. The molecule has 2 aromatic rings. The van der Waals surface area contributed by atoms with Crippen molar-refractivity contribution in [1.82, 2.24) is 10.2 Å². The number of methoxy groups -OCH3 is 1. The van der Waals surface area contributed by atoms with Crippen LogP contribution in [0.15, 0.2) is 18.2 Å². The number of nitriles is 1. The maximum atomic E-state index is 9.56. The van der Waals surface area contributed by atoms with Crippen molar-refractivity contribution in [3.63, 3.8) is 0 Å². The SMILES string of the molecule is COc1ccc(C)cc1C1(CNc2nnc(C)c(C)c2C#N)CCOCC1. The quantitative estimate of drug-likeness (QED) is 0.873. The van der Waals surface area contributed by atoms with E-state index in [-0.39, 0.29) is 5.41 Å². The molecule has 0 amide bonds. The fraction of sp³-hybridized carbons (Fsp3) is 0.476. The minimum absolute atomic E-state index is 0.150. The molecular formula is C21H26N4O2. The van der Waals surface area contributed by atoms with Gasteiger partial charge in [-0.15, -0.1) is 5.10 Å². The molecule has 6 nitrogen and oxygen atoms in total. The first-order valence-electron chi connectivity index (χ1n) is 9.21. The summed E-state index contributed by atoms with van der Waals surface area (Å²) in [6.45, 7) is 7.89. The molecule has 0 bridgehead atoms. The van der Waals surface area contributed by atoms with Crippen LogP contribution in [0.2, 0.25) is 0 Å². The Morgan fingerprint density at radius 1 is 1.22 bits per heavy atom. The number of aromatic nitrogens is 2. The Morgan fingerprint density at radius 3 is 2.63 bits per heavy atom. The Labute approximate surface area is 160 Å². The third kappa shape index (κ3) is 3.74. The molecule has 0 unspecified atom stereocenters. The van der Waals surface area contributed by atoms with E-state index in [4.69, 9.17) is 9.47 Å². The van der Waals surface area contributed by atoms with Crippen molar-refractivity contribution >= 4 is 5.82 Å². The van der Waals surface area contributed by atoms with Gasteiger partial charge in [0, 0.05) is 30.7 Å². The second-order valence-corrected chi connectivity index (χ2v) is 7.20. The summed E-state index contributed by atoms with van der Waals surface area (Å²) in [7, 11) is 1.71. The third-order valence-electron chi connectivity index (χ3n) is 5.54. The number of rotatable bonds is 5. The van der Waals surface area contributed by atoms with Gasteiger partial charge in [-0.2, -0.15) is 10.4 Å². The molecule has 142 valence electrons. The standard InChI is InChI=1S/C21H26N4O2/c1-14-5-6-19(26-4)18(11-14)21(7-9-27-10-8-21)13-23-20-17(12-22)15(2)16(3)24-25-20/h5-6,11H,7-10,13H2,1-4H3,(H,23,25). The van der Waals surface area contributed by atoms with Gasteiger partial charge in [0.05, 0.1) is 12.8 Å². The minimum Gasteiger partial charge on any atom is -0.496 e.